The van der Waals surface area contributed by atoms with Gasteiger partial charge in [-0.05, 0) is 36.1 Å². The minimum Gasteiger partial charge on any atom is -0.464 e. The lowest BCUT2D eigenvalue weighted by atomic mass is 9.95. The highest BCUT2D eigenvalue weighted by atomic mass is 16.5. The molecule has 0 saturated heterocycles. The van der Waals surface area contributed by atoms with Crippen molar-refractivity contribution in [2.75, 3.05) is 13.2 Å². The first kappa shape index (κ1) is 17.6. The van der Waals surface area contributed by atoms with E-state index in [1.165, 1.54) is 5.56 Å². The van der Waals surface area contributed by atoms with Crippen LogP contribution in [0.5, 0.6) is 0 Å². The Bertz CT molecular complexity index is 796. The summed E-state index contributed by atoms with van der Waals surface area (Å²) < 4.78 is 10.5. The van der Waals surface area contributed by atoms with Crippen molar-refractivity contribution in [2.24, 2.45) is 0 Å². The van der Waals surface area contributed by atoms with E-state index in [4.69, 9.17) is 15.6 Å². The molecule has 0 aliphatic heterocycles. The second-order valence-corrected chi connectivity index (χ2v) is 5.94. The number of carbonyl (C=O) groups excluding carboxylic acids is 2. The number of hydrogen-bond acceptors (Lipinski definition) is 4. The summed E-state index contributed by atoms with van der Waals surface area (Å²) in [7, 11) is 0. The molecule has 5 nitrogen and oxygen atoms in total. The molecule has 0 radical (unpaired) electrons. The summed E-state index contributed by atoms with van der Waals surface area (Å²) in [6, 6.07) is 4.04. The van der Waals surface area contributed by atoms with E-state index in [0.29, 0.717) is 5.92 Å². The SMILES string of the molecule is C#CCNC(=O)COC(=O)Cc1coc2cc(C)c(C(C)C)cc12. The molecule has 0 spiro atoms. The van der Waals surface area contributed by atoms with Crippen molar-refractivity contribution in [3.05, 3.63) is 35.1 Å². The predicted molar refractivity (Wildman–Crippen MR) is 91.5 cm³/mol. The second kappa shape index (κ2) is 7.69. The molecule has 0 atom stereocenters. The molecule has 1 aromatic heterocycles. The van der Waals surface area contributed by atoms with Crippen LogP contribution in [-0.2, 0) is 20.7 Å². The van der Waals surface area contributed by atoms with Gasteiger partial charge in [0.25, 0.3) is 5.91 Å². The molecule has 0 bridgehead atoms. The quantitative estimate of drug-likeness (QED) is 0.654. The number of amides is 1. The summed E-state index contributed by atoms with van der Waals surface area (Å²) >= 11 is 0. The van der Waals surface area contributed by atoms with Crippen molar-refractivity contribution in [2.45, 2.75) is 33.1 Å². The Kier molecular flexibility index (Phi) is 5.64. The third kappa shape index (κ3) is 4.17. The van der Waals surface area contributed by atoms with Gasteiger partial charge < -0.3 is 14.5 Å². The summed E-state index contributed by atoms with van der Waals surface area (Å²) in [5, 5.41) is 3.33. The van der Waals surface area contributed by atoms with Crippen LogP contribution in [0.15, 0.2) is 22.8 Å². The fraction of sp³-hybridized carbons (Fsp3) is 0.368. The summed E-state index contributed by atoms with van der Waals surface area (Å²) in [4.78, 5) is 23.3. The Hall–Kier alpha value is -2.74. The predicted octanol–water partition coefficient (Wildman–Crippen LogP) is 2.70. The molecule has 1 heterocycles. The van der Waals surface area contributed by atoms with Crippen LogP contribution in [0, 0.1) is 19.3 Å². The number of fused-ring (bicyclic) bond motifs is 1. The Labute approximate surface area is 141 Å². The standard InChI is InChI=1S/C19H21NO4/c1-5-6-20-18(21)11-24-19(22)8-14-10-23-17-7-13(4)15(12(2)3)9-16(14)17/h1,7,9-10,12H,6,8,11H2,2-4H3,(H,20,21). The van der Waals surface area contributed by atoms with Crippen LogP contribution in [0.1, 0.15) is 36.5 Å². The normalized spacial score (nSPS) is 10.6. The van der Waals surface area contributed by atoms with Gasteiger partial charge in [0.2, 0.25) is 0 Å². The maximum absolute atomic E-state index is 11.9. The molecule has 126 valence electrons. The number of rotatable bonds is 6. The molecule has 1 aromatic carbocycles. The van der Waals surface area contributed by atoms with E-state index in [0.717, 1.165) is 22.1 Å². The van der Waals surface area contributed by atoms with Crippen LogP contribution < -0.4 is 5.32 Å². The van der Waals surface area contributed by atoms with E-state index in [9.17, 15) is 9.59 Å². The fourth-order valence-electron chi connectivity index (χ4n) is 2.56. The van der Waals surface area contributed by atoms with E-state index >= 15 is 0 Å². The number of nitrogens with one attached hydrogen (secondary N) is 1. The van der Waals surface area contributed by atoms with Crippen molar-refractivity contribution in [1.29, 1.82) is 0 Å². The Morgan fingerprint density at radius 1 is 1.38 bits per heavy atom. The van der Waals surface area contributed by atoms with E-state index in [2.05, 4.69) is 31.2 Å². The van der Waals surface area contributed by atoms with E-state index < -0.39 is 11.9 Å². The fourth-order valence-corrected chi connectivity index (χ4v) is 2.56. The zero-order valence-electron chi connectivity index (χ0n) is 14.1. The first-order valence-electron chi connectivity index (χ1n) is 7.78. The highest BCUT2D eigenvalue weighted by Gasteiger charge is 2.15. The monoisotopic (exact) mass is 327 g/mol. The van der Waals surface area contributed by atoms with Gasteiger partial charge in [0.1, 0.15) is 5.58 Å². The molecule has 0 fully saturated rings. The zero-order chi connectivity index (χ0) is 17.7. The highest BCUT2D eigenvalue weighted by molar-refractivity contribution is 5.88. The zero-order valence-corrected chi connectivity index (χ0v) is 14.1. The maximum atomic E-state index is 11.9. The first-order valence-corrected chi connectivity index (χ1v) is 7.78. The summed E-state index contributed by atoms with van der Waals surface area (Å²) in [6.45, 7) is 6.06. The summed E-state index contributed by atoms with van der Waals surface area (Å²) in [6.07, 6.45) is 6.65. The van der Waals surface area contributed by atoms with Crippen LogP contribution in [0.4, 0.5) is 0 Å². The van der Waals surface area contributed by atoms with Gasteiger partial charge >= 0.3 is 5.97 Å². The lowest BCUT2D eigenvalue weighted by molar-refractivity contribution is -0.147. The van der Waals surface area contributed by atoms with E-state index in [-0.39, 0.29) is 19.6 Å². The van der Waals surface area contributed by atoms with Crippen molar-refractivity contribution < 1.29 is 18.7 Å². The molecule has 5 heteroatoms. The van der Waals surface area contributed by atoms with Gasteiger partial charge in [0.05, 0.1) is 19.2 Å². The lowest BCUT2D eigenvalue weighted by Gasteiger charge is -2.10. The average Bonchev–Trinajstić information content (AvgIpc) is 2.91. The van der Waals surface area contributed by atoms with Gasteiger partial charge in [-0.15, -0.1) is 6.42 Å². The molecular formula is C19H21NO4. The molecule has 1 amide bonds. The van der Waals surface area contributed by atoms with E-state index in [1.807, 2.05) is 13.0 Å². The number of aryl methyl sites for hydroxylation is 1. The molecule has 0 saturated carbocycles. The van der Waals surface area contributed by atoms with Crippen LogP contribution in [0.2, 0.25) is 0 Å². The van der Waals surface area contributed by atoms with Gasteiger partial charge in [0, 0.05) is 10.9 Å². The molecular weight excluding hydrogens is 306 g/mol. The molecule has 0 unspecified atom stereocenters. The number of ether oxygens (including phenoxy) is 1. The smallest absolute Gasteiger partial charge is 0.310 e. The van der Waals surface area contributed by atoms with E-state index in [1.54, 1.807) is 6.26 Å². The Morgan fingerprint density at radius 3 is 2.79 bits per heavy atom. The average molecular weight is 327 g/mol. The van der Waals surface area contributed by atoms with Gasteiger partial charge in [-0.2, -0.15) is 0 Å². The number of benzene rings is 1. The third-order valence-electron chi connectivity index (χ3n) is 3.75. The van der Waals surface area contributed by atoms with Crippen molar-refractivity contribution in [3.63, 3.8) is 0 Å². The third-order valence-corrected chi connectivity index (χ3v) is 3.75. The van der Waals surface area contributed by atoms with Crippen molar-refractivity contribution in [1.82, 2.24) is 5.32 Å². The number of hydrogen-bond donors (Lipinski definition) is 1. The highest BCUT2D eigenvalue weighted by Crippen LogP contribution is 2.29. The van der Waals surface area contributed by atoms with Crippen LogP contribution in [0.3, 0.4) is 0 Å². The number of esters is 1. The topological polar surface area (TPSA) is 68.5 Å². The molecule has 24 heavy (non-hydrogen) atoms. The summed E-state index contributed by atoms with van der Waals surface area (Å²) in [5.41, 5.74) is 3.87. The number of carbonyl (C=O) groups is 2. The molecule has 2 aromatic rings. The van der Waals surface area contributed by atoms with Crippen LogP contribution in [0.25, 0.3) is 11.0 Å². The van der Waals surface area contributed by atoms with Crippen LogP contribution >= 0.6 is 0 Å². The first-order chi connectivity index (χ1) is 11.4. The minimum atomic E-state index is -0.486. The number of terminal acetylenes is 1. The van der Waals surface area contributed by atoms with Crippen molar-refractivity contribution >= 4 is 22.8 Å². The maximum Gasteiger partial charge on any atom is 0.310 e. The summed E-state index contributed by atoms with van der Waals surface area (Å²) in [5.74, 6) is 1.75. The minimum absolute atomic E-state index is 0.0516. The van der Waals surface area contributed by atoms with Gasteiger partial charge in [0.15, 0.2) is 6.61 Å². The van der Waals surface area contributed by atoms with Gasteiger partial charge in [-0.3, -0.25) is 9.59 Å². The lowest BCUT2D eigenvalue weighted by Crippen LogP contribution is -2.29. The molecule has 0 aliphatic carbocycles. The van der Waals surface area contributed by atoms with Gasteiger partial charge in [-0.1, -0.05) is 19.8 Å². The molecule has 2 rings (SSSR count). The molecule has 1 N–H and O–H groups in total. The van der Waals surface area contributed by atoms with Crippen LogP contribution in [-0.4, -0.2) is 25.0 Å². The van der Waals surface area contributed by atoms with Crippen molar-refractivity contribution in [3.8, 4) is 12.3 Å². The number of furan rings is 1. The Balaban J connectivity index is 2.07. The molecule has 0 aliphatic rings. The Morgan fingerprint density at radius 2 is 2.12 bits per heavy atom. The largest absolute Gasteiger partial charge is 0.464 e. The van der Waals surface area contributed by atoms with Gasteiger partial charge in [-0.25, -0.2) is 0 Å². The second-order valence-electron chi connectivity index (χ2n) is 5.94.